The predicted molar refractivity (Wildman–Crippen MR) is 60.9 cm³/mol. The van der Waals surface area contributed by atoms with Gasteiger partial charge in [0, 0.05) is 19.3 Å². The maximum atomic E-state index is 12.1. The van der Waals surface area contributed by atoms with Crippen molar-refractivity contribution in [2.24, 2.45) is 17.3 Å². The van der Waals surface area contributed by atoms with Crippen LogP contribution in [0.4, 0.5) is 0 Å². The highest BCUT2D eigenvalue weighted by atomic mass is 16.2. The molecule has 2 atom stereocenters. The molecule has 0 N–H and O–H groups in total. The van der Waals surface area contributed by atoms with E-state index in [9.17, 15) is 4.79 Å². The van der Waals surface area contributed by atoms with Crippen LogP contribution in [0.1, 0.15) is 24.3 Å². The Bertz CT molecular complexity index is 413. The summed E-state index contributed by atoms with van der Waals surface area (Å²) in [7, 11) is 0. The van der Waals surface area contributed by atoms with Crippen LogP contribution < -0.4 is 0 Å². The second-order valence-corrected chi connectivity index (χ2v) is 5.46. The smallest absolute Gasteiger partial charge is 0.272 e. The second kappa shape index (κ2) is 3.06. The number of hydrogen-bond donors (Lipinski definition) is 0. The molecule has 0 aromatic carbocycles. The normalized spacial score (nSPS) is 30.0. The lowest BCUT2D eigenvalue weighted by Gasteiger charge is -2.21. The standard InChI is InChI=1S/C13H16N2O/c1-13(2)9-7-15(8-10(9)13)12(16)11-5-3-4-6-14-11/h3-6,9-10H,7-8H2,1-2H3. The molecule has 2 aliphatic rings. The van der Waals surface area contributed by atoms with E-state index in [1.54, 1.807) is 12.3 Å². The minimum absolute atomic E-state index is 0.0867. The maximum absolute atomic E-state index is 12.1. The molecule has 2 unspecified atom stereocenters. The molecule has 3 heteroatoms. The summed E-state index contributed by atoms with van der Waals surface area (Å²) in [6.45, 7) is 6.41. The molecular formula is C13H16N2O. The number of carbonyl (C=O) groups excluding carboxylic acids is 1. The molecule has 0 spiro atoms. The third kappa shape index (κ3) is 1.27. The summed E-state index contributed by atoms with van der Waals surface area (Å²) in [5, 5.41) is 0. The van der Waals surface area contributed by atoms with Gasteiger partial charge in [-0.1, -0.05) is 19.9 Å². The zero-order valence-corrected chi connectivity index (χ0v) is 9.68. The van der Waals surface area contributed by atoms with Gasteiger partial charge in [0.05, 0.1) is 0 Å². The second-order valence-electron chi connectivity index (χ2n) is 5.46. The van der Waals surface area contributed by atoms with E-state index in [0.29, 0.717) is 22.9 Å². The van der Waals surface area contributed by atoms with E-state index in [1.165, 1.54) is 0 Å². The fourth-order valence-electron chi connectivity index (χ4n) is 2.95. The Balaban J connectivity index is 1.72. The summed E-state index contributed by atoms with van der Waals surface area (Å²) in [6.07, 6.45) is 1.67. The van der Waals surface area contributed by atoms with E-state index in [1.807, 2.05) is 17.0 Å². The number of aromatic nitrogens is 1. The van der Waals surface area contributed by atoms with Gasteiger partial charge in [-0.15, -0.1) is 0 Å². The molecule has 1 aromatic rings. The Morgan fingerprint density at radius 1 is 1.38 bits per heavy atom. The topological polar surface area (TPSA) is 33.2 Å². The lowest BCUT2D eigenvalue weighted by Crippen LogP contribution is -2.33. The van der Waals surface area contributed by atoms with Gasteiger partial charge in [-0.3, -0.25) is 9.78 Å². The van der Waals surface area contributed by atoms with Crippen molar-refractivity contribution < 1.29 is 4.79 Å². The zero-order valence-electron chi connectivity index (χ0n) is 9.68. The molecule has 1 aliphatic heterocycles. The van der Waals surface area contributed by atoms with Crippen molar-refractivity contribution in [2.45, 2.75) is 13.8 Å². The monoisotopic (exact) mass is 216 g/mol. The summed E-state index contributed by atoms with van der Waals surface area (Å²) in [6, 6.07) is 5.49. The van der Waals surface area contributed by atoms with Gasteiger partial charge >= 0.3 is 0 Å². The number of pyridine rings is 1. The molecule has 1 aromatic heterocycles. The molecular weight excluding hydrogens is 200 g/mol. The number of nitrogens with zero attached hydrogens (tertiary/aromatic N) is 2. The highest BCUT2D eigenvalue weighted by molar-refractivity contribution is 5.92. The van der Waals surface area contributed by atoms with Gasteiger partial charge in [0.1, 0.15) is 5.69 Å². The maximum Gasteiger partial charge on any atom is 0.272 e. The minimum Gasteiger partial charge on any atom is -0.337 e. The van der Waals surface area contributed by atoms with Crippen LogP contribution in [0.2, 0.25) is 0 Å². The summed E-state index contributed by atoms with van der Waals surface area (Å²) in [4.78, 5) is 18.1. The summed E-state index contributed by atoms with van der Waals surface area (Å²) < 4.78 is 0. The van der Waals surface area contributed by atoms with E-state index >= 15 is 0 Å². The average molecular weight is 216 g/mol. The molecule has 3 rings (SSSR count). The molecule has 1 aliphatic carbocycles. The number of fused-ring (bicyclic) bond motifs is 1. The molecule has 2 heterocycles. The van der Waals surface area contributed by atoms with E-state index < -0.39 is 0 Å². The van der Waals surface area contributed by atoms with Crippen molar-refractivity contribution in [2.75, 3.05) is 13.1 Å². The van der Waals surface area contributed by atoms with Gasteiger partial charge < -0.3 is 4.90 Å². The van der Waals surface area contributed by atoms with Gasteiger partial charge in [0.25, 0.3) is 5.91 Å². The first-order chi connectivity index (χ1) is 7.60. The van der Waals surface area contributed by atoms with E-state index in [0.717, 1.165) is 13.1 Å². The van der Waals surface area contributed by atoms with Gasteiger partial charge in [-0.05, 0) is 29.4 Å². The number of amides is 1. The fraction of sp³-hybridized carbons (Fsp3) is 0.538. The van der Waals surface area contributed by atoms with Crippen LogP contribution in [0.3, 0.4) is 0 Å². The predicted octanol–water partition coefficient (Wildman–Crippen LogP) is 1.81. The highest BCUT2D eigenvalue weighted by Gasteiger charge is 2.62. The molecule has 16 heavy (non-hydrogen) atoms. The first kappa shape index (κ1) is 9.82. The van der Waals surface area contributed by atoms with Gasteiger partial charge in [0.2, 0.25) is 0 Å². The Labute approximate surface area is 95.5 Å². The Kier molecular flexibility index (Phi) is 1.88. The number of carbonyl (C=O) groups is 1. The summed E-state index contributed by atoms with van der Waals surface area (Å²) in [5.41, 5.74) is 1.03. The molecule has 1 saturated carbocycles. The summed E-state index contributed by atoms with van der Waals surface area (Å²) in [5.74, 6) is 1.50. The fourth-order valence-corrected chi connectivity index (χ4v) is 2.95. The summed E-state index contributed by atoms with van der Waals surface area (Å²) >= 11 is 0. The molecule has 0 bridgehead atoms. The van der Waals surface area contributed by atoms with Crippen molar-refractivity contribution >= 4 is 5.91 Å². The van der Waals surface area contributed by atoms with Crippen molar-refractivity contribution in [3.8, 4) is 0 Å². The first-order valence-corrected chi connectivity index (χ1v) is 5.81. The first-order valence-electron chi connectivity index (χ1n) is 5.81. The van der Waals surface area contributed by atoms with Crippen molar-refractivity contribution in [1.29, 1.82) is 0 Å². The van der Waals surface area contributed by atoms with E-state index in [2.05, 4.69) is 18.8 Å². The minimum atomic E-state index is 0.0867. The number of piperidine rings is 1. The lowest BCUT2D eigenvalue weighted by molar-refractivity contribution is 0.0752. The van der Waals surface area contributed by atoms with Gasteiger partial charge in [-0.25, -0.2) is 0 Å². The van der Waals surface area contributed by atoms with Crippen LogP contribution in [-0.4, -0.2) is 28.9 Å². The third-order valence-electron chi connectivity index (χ3n) is 4.29. The molecule has 1 amide bonds. The molecule has 0 radical (unpaired) electrons. The van der Waals surface area contributed by atoms with Crippen LogP contribution in [0.25, 0.3) is 0 Å². The van der Waals surface area contributed by atoms with Crippen molar-refractivity contribution in [3.63, 3.8) is 0 Å². The van der Waals surface area contributed by atoms with Crippen LogP contribution in [0.15, 0.2) is 24.4 Å². The molecule has 3 nitrogen and oxygen atoms in total. The zero-order chi connectivity index (χ0) is 11.3. The molecule has 84 valence electrons. The largest absolute Gasteiger partial charge is 0.337 e. The Morgan fingerprint density at radius 2 is 2.06 bits per heavy atom. The van der Waals surface area contributed by atoms with Gasteiger partial charge in [-0.2, -0.15) is 0 Å². The average Bonchev–Trinajstić information content (AvgIpc) is 2.72. The number of hydrogen-bond acceptors (Lipinski definition) is 2. The van der Waals surface area contributed by atoms with Crippen LogP contribution in [0, 0.1) is 17.3 Å². The van der Waals surface area contributed by atoms with Crippen molar-refractivity contribution in [1.82, 2.24) is 9.88 Å². The quantitative estimate of drug-likeness (QED) is 0.717. The van der Waals surface area contributed by atoms with E-state index in [4.69, 9.17) is 0 Å². The lowest BCUT2D eigenvalue weighted by atomic mass is 10.1. The van der Waals surface area contributed by atoms with Crippen LogP contribution >= 0.6 is 0 Å². The number of likely N-dealkylation sites (tertiary alicyclic amines) is 1. The van der Waals surface area contributed by atoms with E-state index in [-0.39, 0.29) is 5.91 Å². The van der Waals surface area contributed by atoms with Crippen LogP contribution in [0.5, 0.6) is 0 Å². The molecule has 1 saturated heterocycles. The Morgan fingerprint density at radius 3 is 2.62 bits per heavy atom. The highest BCUT2D eigenvalue weighted by Crippen LogP contribution is 2.61. The van der Waals surface area contributed by atoms with Gasteiger partial charge in [0.15, 0.2) is 0 Å². The third-order valence-corrected chi connectivity index (χ3v) is 4.29. The van der Waals surface area contributed by atoms with Crippen molar-refractivity contribution in [3.05, 3.63) is 30.1 Å². The molecule has 2 fully saturated rings. The SMILES string of the molecule is CC1(C)C2CN(C(=O)c3ccccn3)CC21. The Hall–Kier alpha value is -1.38. The number of rotatable bonds is 1. The van der Waals surface area contributed by atoms with Crippen LogP contribution in [-0.2, 0) is 0 Å².